The van der Waals surface area contributed by atoms with Crippen LogP contribution in [0.5, 0.6) is 5.75 Å². The van der Waals surface area contributed by atoms with Crippen molar-refractivity contribution in [1.82, 2.24) is 10.6 Å². The zero-order chi connectivity index (χ0) is 23.5. The summed E-state index contributed by atoms with van der Waals surface area (Å²) >= 11 is 1.51. The number of nitrogens with one attached hydrogen (secondary N) is 2. The van der Waals surface area contributed by atoms with Gasteiger partial charge in [0.1, 0.15) is 17.8 Å². The molecule has 0 fully saturated rings. The van der Waals surface area contributed by atoms with Gasteiger partial charge in [0.2, 0.25) is 11.8 Å². The van der Waals surface area contributed by atoms with Gasteiger partial charge in [-0.3, -0.25) is 9.59 Å². The number of phenols is 1. The van der Waals surface area contributed by atoms with Gasteiger partial charge in [-0.15, -0.1) is 0 Å². The van der Waals surface area contributed by atoms with E-state index in [1.54, 1.807) is 36.4 Å². The van der Waals surface area contributed by atoms with Gasteiger partial charge in [-0.25, -0.2) is 4.79 Å². The highest BCUT2D eigenvalue weighted by Gasteiger charge is 2.28. The van der Waals surface area contributed by atoms with Crippen LogP contribution in [-0.4, -0.2) is 58.1 Å². The molecule has 172 valence electrons. The standard InChI is InChI=1S/C23H29N3O5S/c1-32-12-11-19(25-21(28)18(24)13-16-7-9-17(27)10-8-16)22(29)26-20(23(30)31)14-15-5-3-2-4-6-15/h2-10,18-20,27H,11-14,24H2,1H3,(H,25,28)(H,26,29)(H,30,31). The Morgan fingerprint density at radius 1 is 0.906 bits per heavy atom. The molecule has 0 aliphatic rings. The van der Waals surface area contributed by atoms with Crippen molar-refractivity contribution in [2.24, 2.45) is 5.73 Å². The third kappa shape index (κ3) is 8.24. The Morgan fingerprint density at radius 3 is 2.09 bits per heavy atom. The topological polar surface area (TPSA) is 142 Å². The average Bonchev–Trinajstić information content (AvgIpc) is 2.78. The number of carbonyl (C=O) groups is 3. The molecule has 0 saturated carbocycles. The summed E-state index contributed by atoms with van der Waals surface area (Å²) in [6.45, 7) is 0. The number of aliphatic carboxylic acids is 1. The van der Waals surface area contributed by atoms with Crippen molar-refractivity contribution in [1.29, 1.82) is 0 Å². The van der Waals surface area contributed by atoms with Crippen molar-refractivity contribution in [2.45, 2.75) is 37.4 Å². The van der Waals surface area contributed by atoms with E-state index in [2.05, 4.69) is 10.6 Å². The quantitative estimate of drug-likeness (QED) is 0.322. The molecule has 2 amide bonds. The largest absolute Gasteiger partial charge is 0.508 e. The van der Waals surface area contributed by atoms with Crippen LogP contribution in [0.25, 0.3) is 0 Å². The van der Waals surface area contributed by atoms with Crippen LogP contribution >= 0.6 is 11.8 Å². The molecular weight excluding hydrogens is 430 g/mol. The van der Waals surface area contributed by atoms with Crippen molar-refractivity contribution < 1.29 is 24.6 Å². The number of amides is 2. The van der Waals surface area contributed by atoms with Crippen molar-refractivity contribution in [3.63, 3.8) is 0 Å². The maximum Gasteiger partial charge on any atom is 0.326 e. The number of aromatic hydroxyl groups is 1. The number of carboxylic acids is 1. The molecule has 8 nitrogen and oxygen atoms in total. The summed E-state index contributed by atoms with van der Waals surface area (Å²) in [5.41, 5.74) is 7.56. The highest BCUT2D eigenvalue weighted by Crippen LogP contribution is 2.11. The Hall–Kier alpha value is -3.04. The van der Waals surface area contributed by atoms with Gasteiger partial charge in [-0.2, -0.15) is 11.8 Å². The Bertz CT molecular complexity index is 892. The maximum atomic E-state index is 12.8. The molecule has 0 aliphatic heterocycles. The Kier molecular flexibility index (Phi) is 10.0. The van der Waals surface area contributed by atoms with Crippen LogP contribution in [0, 0.1) is 0 Å². The molecule has 2 aromatic rings. The van der Waals surface area contributed by atoms with Crippen molar-refractivity contribution in [3.05, 3.63) is 65.7 Å². The zero-order valence-electron chi connectivity index (χ0n) is 17.9. The van der Waals surface area contributed by atoms with Gasteiger partial charge in [-0.05, 0) is 48.1 Å². The van der Waals surface area contributed by atoms with E-state index in [1.807, 2.05) is 12.3 Å². The molecule has 6 N–H and O–H groups in total. The molecule has 2 rings (SSSR count). The van der Waals surface area contributed by atoms with E-state index in [0.29, 0.717) is 12.2 Å². The third-order valence-electron chi connectivity index (χ3n) is 4.87. The number of hydrogen-bond donors (Lipinski definition) is 5. The minimum absolute atomic E-state index is 0.115. The number of carboxylic acid groups (broad SMARTS) is 1. The zero-order valence-corrected chi connectivity index (χ0v) is 18.7. The molecule has 0 aromatic heterocycles. The van der Waals surface area contributed by atoms with Crippen LogP contribution in [0.1, 0.15) is 17.5 Å². The van der Waals surface area contributed by atoms with E-state index in [4.69, 9.17) is 5.73 Å². The van der Waals surface area contributed by atoms with Gasteiger partial charge >= 0.3 is 5.97 Å². The number of benzene rings is 2. The second-order valence-corrected chi connectivity index (χ2v) is 8.39. The fourth-order valence-corrected chi connectivity index (χ4v) is 3.56. The molecule has 0 aliphatic carbocycles. The first-order chi connectivity index (χ1) is 15.3. The summed E-state index contributed by atoms with van der Waals surface area (Å²) in [7, 11) is 0. The van der Waals surface area contributed by atoms with Crippen LogP contribution in [0.2, 0.25) is 0 Å². The van der Waals surface area contributed by atoms with E-state index in [1.165, 1.54) is 23.9 Å². The minimum atomic E-state index is -1.15. The van der Waals surface area contributed by atoms with Gasteiger partial charge in [0.15, 0.2) is 0 Å². The number of nitrogens with two attached hydrogens (primary N) is 1. The van der Waals surface area contributed by atoms with E-state index >= 15 is 0 Å². The number of rotatable bonds is 12. The fourth-order valence-electron chi connectivity index (χ4n) is 3.08. The summed E-state index contributed by atoms with van der Waals surface area (Å²) in [5, 5.41) is 24.1. The van der Waals surface area contributed by atoms with E-state index in [9.17, 15) is 24.6 Å². The van der Waals surface area contributed by atoms with E-state index < -0.39 is 35.9 Å². The van der Waals surface area contributed by atoms with Gasteiger partial charge in [-0.1, -0.05) is 42.5 Å². The first-order valence-corrected chi connectivity index (χ1v) is 11.6. The number of carbonyl (C=O) groups excluding carboxylic acids is 2. The molecule has 0 bridgehead atoms. The summed E-state index contributed by atoms with van der Waals surface area (Å²) < 4.78 is 0. The molecule has 2 aromatic carbocycles. The average molecular weight is 460 g/mol. The van der Waals surface area contributed by atoms with Gasteiger partial charge < -0.3 is 26.6 Å². The third-order valence-corrected chi connectivity index (χ3v) is 5.51. The van der Waals surface area contributed by atoms with Crippen LogP contribution in [0.4, 0.5) is 0 Å². The molecule has 0 radical (unpaired) electrons. The van der Waals surface area contributed by atoms with E-state index in [0.717, 1.165) is 11.1 Å². The predicted molar refractivity (Wildman–Crippen MR) is 124 cm³/mol. The fraction of sp³-hybridized carbons (Fsp3) is 0.348. The van der Waals surface area contributed by atoms with Crippen LogP contribution < -0.4 is 16.4 Å². The van der Waals surface area contributed by atoms with Crippen molar-refractivity contribution in [3.8, 4) is 5.75 Å². The van der Waals surface area contributed by atoms with E-state index in [-0.39, 0.29) is 18.6 Å². The predicted octanol–water partition coefficient (Wildman–Crippen LogP) is 1.31. The monoisotopic (exact) mass is 459 g/mol. The first kappa shape index (κ1) is 25.2. The smallest absolute Gasteiger partial charge is 0.326 e. The summed E-state index contributed by atoms with van der Waals surface area (Å²) in [4.78, 5) is 37.1. The van der Waals surface area contributed by atoms with Crippen molar-refractivity contribution >= 4 is 29.5 Å². The summed E-state index contributed by atoms with van der Waals surface area (Å²) in [6, 6.07) is 12.4. The maximum absolute atomic E-state index is 12.8. The Balaban J connectivity index is 2.02. The van der Waals surface area contributed by atoms with Gasteiger partial charge in [0, 0.05) is 6.42 Å². The van der Waals surface area contributed by atoms with Gasteiger partial charge in [0.25, 0.3) is 0 Å². The number of thioether (sulfide) groups is 1. The molecule has 3 atom stereocenters. The molecule has 0 saturated heterocycles. The number of phenolic OH excluding ortho intramolecular Hbond substituents is 1. The van der Waals surface area contributed by atoms with Gasteiger partial charge in [0.05, 0.1) is 6.04 Å². The number of hydrogen-bond acceptors (Lipinski definition) is 6. The Morgan fingerprint density at radius 2 is 1.50 bits per heavy atom. The molecule has 9 heteroatoms. The molecule has 0 heterocycles. The molecule has 0 spiro atoms. The normalized spacial score (nSPS) is 13.6. The first-order valence-electron chi connectivity index (χ1n) is 10.2. The second kappa shape index (κ2) is 12.7. The Labute approximate surface area is 191 Å². The minimum Gasteiger partial charge on any atom is -0.508 e. The highest BCUT2D eigenvalue weighted by atomic mass is 32.2. The lowest BCUT2D eigenvalue weighted by atomic mass is 10.0. The lowest BCUT2D eigenvalue weighted by molar-refractivity contribution is -0.142. The van der Waals surface area contributed by atoms with Crippen LogP contribution in [0.15, 0.2) is 54.6 Å². The molecule has 3 unspecified atom stereocenters. The highest BCUT2D eigenvalue weighted by molar-refractivity contribution is 7.98. The molecule has 32 heavy (non-hydrogen) atoms. The summed E-state index contributed by atoms with van der Waals surface area (Å²) in [5.74, 6) is -1.51. The lowest BCUT2D eigenvalue weighted by Crippen LogP contribution is -2.55. The SMILES string of the molecule is CSCCC(NC(=O)C(N)Cc1ccc(O)cc1)C(=O)NC(Cc1ccccc1)C(=O)O. The van der Waals surface area contributed by atoms with Crippen LogP contribution in [0.3, 0.4) is 0 Å². The summed E-state index contributed by atoms with van der Waals surface area (Å²) in [6.07, 6.45) is 2.57. The lowest BCUT2D eigenvalue weighted by Gasteiger charge is -2.23. The van der Waals surface area contributed by atoms with Crippen molar-refractivity contribution in [2.75, 3.05) is 12.0 Å². The molecular formula is C23H29N3O5S. The second-order valence-electron chi connectivity index (χ2n) is 7.41. The van der Waals surface area contributed by atoms with Crippen LogP contribution in [-0.2, 0) is 27.2 Å².